The number of rotatable bonds is 2. The molecule has 0 spiro atoms. The summed E-state index contributed by atoms with van der Waals surface area (Å²) in [6.45, 7) is 2.06. The van der Waals surface area contributed by atoms with Crippen LogP contribution in [0.25, 0.3) is 11.3 Å². The lowest BCUT2D eigenvalue weighted by Gasteiger charge is -2.03. The molecule has 0 amide bonds. The predicted molar refractivity (Wildman–Crippen MR) is 67.0 cm³/mol. The Hall–Kier alpha value is -0.610. The number of benzene rings is 1. The lowest BCUT2D eigenvalue weighted by atomic mass is 10.1. The Morgan fingerprint density at radius 3 is 2.87 bits per heavy atom. The molecule has 1 aromatic carbocycles. The molecule has 0 aliphatic carbocycles. The van der Waals surface area contributed by atoms with E-state index in [0.717, 1.165) is 21.5 Å². The van der Waals surface area contributed by atoms with Gasteiger partial charge in [0.15, 0.2) is 12.2 Å². The van der Waals surface area contributed by atoms with Crippen LogP contribution in [0.15, 0.2) is 33.5 Å². The molecule has 1 aromatic heterocycles. The summed E-state index contributed by atoms with van der Waals surface area (Å²) in [6.07, 6.45) is 1.48. The van der Waals surface area contributed by atoms with Crippen LogP contribution in [-0.4, -0.2) is 4.98 Å². The molecule has 4 heteroatoms. The van der Waals surface area contributed by atoms with Crippen LogP contribution in [0.4, 0.5) is 0 Å². The number of alkyl halides is 1. The van der Waals surface area contributed by atoms with Crippen LogP contribution < -0.4 is 0 Å². The third-order valence-corrected chi connectivity index (χ3v) is 3.23. The van der Waals surface area contributed by atoms with E-state index < -0.39 is 0 Å². The van der Waals surface area contributed by atoms with Crippen molar-refractivity contribution < 1.29 is 4.42 Å². The van der Waals surface area contributed by atoms with E-state index in [-0.39, 0.29) is 0 Å². The van der Waals surface area contributed by atoms with Gasteiger partial charge in [0.25, 0.3) is 0 Å². The standard InChI is InChI=1S/C11H9Br2NO/c1-7-4-8(13)2-3-9(7)11-10(5-12)14-6-15-11/h2-4,6H,5H2,1H3. The average Bonchev–Trinajstić information content (AvgIpc) is 2.65. The van der Waals surface area contributed by atoms with E-state index in [0.29, 0.717) is 5.33 Å². The van der Waals surface area contributed by atoms with Gasteiger partial charge in [-0.25, -0.2) is 4.98 Å². The zero-order valence-electron chi connectivity index (χ0n) is 8.13. The highest BCUT2D eigenvalue weighted by molar-refractivity contribution is 9.10. The Labute approximate surface area is 105 Å². The Bertz CT molecular complexity index is 479. The number of nitrogens with zero attached hydrogens (tertiary/aromatic N) is 1. The summed E-state index contributed by atoms with van der Waals surface area (Å²) in [5, 5.41) is 0.703. The summed E-state index contributed by atoms with van der Waals surface area (Å²) in [7, 11) is 0. The van der Waals surface area contributed by atoms with Crippen molar-refractivity contribution in [2.75, 3.05) is 0 Å². The van der Waals surface area contributed by atoms with E-state index in [1.54, 1.807) is 0 Å². The Kier molecular flexibility index (Phi) is 3.26. The number of aromatic nitrogens is 1. The molecule has 0 saturated heterocycles. The molecule has 2 aromatic rings. The fraction of sp³-hybridized carbons (Fsp3) is 0.182. The van der Waals surface area contributed by atoms with E-state index in [4.69, 9.17) is 4.42 Å². The number of hydrogen-bond acceptors (Lipinski definition) is 2. The van der Waals surface area contributed by atoms with Gasteiger partial charge in [0.1, 0.15) is 0 Å². The third kappa shape index (κ3) is 2.16. The molecule has 0 N–H and O–H groups in total. The van der Waals surface area contributed by atoms with Crippen molar-refractivity contribution in [3.8, 4) is 11.3 Å². The second-order valence-corrected chi connectivity index (χ2v) is 4.70. The first-order valence-corrected chi connectivity index (χ1v) is 6.38. The van der Waals surface area contributed by atoms with Crippen LogP contribution in [-0.2, 0) is 5.33 Å². The summed E-state index contributed by atoms with van der Waals surface area (Å²) in [5.74, 6) is 0.844. The van der Waals surface area contributed by atoms with Gasteiger partial charge in [0.2, 0.25) is 0 Å². The SMILES string of the molecule is Cc1cc(Br)ccc1-c1ocnc1CBr. The maximum atomic E-state index is 5.41. The van der Waals surface area contributed by atoms with Gasteiger partial charge in [-0.1, -0.05) is 31.9 Å². The number of hydrogen-bond donors (Lipinski definition) is 0. The van der Waals surface area contributed by atoms with Crippen LogP contribution >= 0.6 is 31.9 Å². The Morgan fingerprint density at radius 1 is 1.40 bits per heavy atom. The van der Waals surface area contributed by atoms with Crippen LogP contribution in [0.2, 0.25) is 0 Å². The first-order valence-electron chi connectivity index (χ1n) is 4.47. The molecule has 0 saturated carbocycles. The van der Waals surface area contributed by atoms with E-state index >= 15 is 0 Å². The van der Waals surface area contributed by atoms with E-state index in [9.17, 15) is 0 Å². The monoisotopic (exact) mass is 329 g/mol. The Morgan fingerprint density at radius 2 is 2.20 bits per heavy atom. The van der Waals surface area contributed by atoms with Crippen LogP contribution in [0.5, 0.6) is 0 Å². The lowest BCUT2D eigenvalue weighted by Crippen LogP contribution is -1.86. The van der Waals surface area contributed by atoms with Gasteiger partial charge in [-0.15, -0.1) is 0 Å². The van der Waals surface area contributed by atoms with Crippen molar-refractivity contribution in [2.45, 2.75) is 12.3 Å². The molecule has 0 bridgehead atoms. The quantitative estimate of drug-likeness (QED) is 0.767. The second kappa shape index (κ2) is 4.49. The number of oxazole rings is 1. The molecule has 78 valence electrons. The predicted octanol–water partition coefficient (Wildman–Crippen LogP) is 4.31. The lowest BCUT2D eigenvalue weighted by molar-refractivity contribution is 0.571. The van der Waals surface area contributed by atoms with Crippen molar-refractivity contribution in [3.05, 3.63) is 40.3 Å². The van der Waals surface area contributed by atoms with Gasteiger partial charge in [0.05, 0.1) is 5.69 Å². The maximum Gasteiger partial charge on any atom is 0.181 e. The zero-order valence-corrected chi connectivity index (χ0v) is 11.3. The minimum Gasteiger partial charge on any atom is -0.443 e. The normalized spacial score (nSPS) is 10.6. The average molecular weight is 331 g/mol. The van der Waals surface area contributed by atoms with E-state index in [1.807, 2.05) is 12.1 Å². The number of aryl methyl sites for hydroxylation is 1. The fourth-order valence-electron chi connectivity index (χ4n) is 1.47. The summed E-state index contributed by atoms with van der Waals surface area (Å²) in [6, 6.07) is 6.10. The van der Waals surface area contributed by atoms with Crippen molar-refractivity contribution >= 4 is 31.9 Å². The molecule has 0 unspecified atom stereocenters. The molecular formula is C11H9Br2NO. The third-order valence-electron chi connectivity index (χ3n) is 2.20. The summed E-state index contributed by atoms with van der Waals surface area (Å²) in [4.78, 5) is 4.15. The minimum atomic E-state index is 0.703. The molecule has 2 rings (SSSR count). The molecular weight excluding hydrogens is 322 g/mol. The first kappa shape index (κ1) is 10.9. The van der Waals surface area contributed by atoms with Gasteiger partial charge in [-0.2, -0.15) is 0 Å². The summed E-state index contributed by atoms with van der Waals surface area (Å²) in [5.41, 5.74) is 3.19. The van der Waals surface area contributed by atoms with Gasteiger partial charge < -0.3 is 4.42 Å². The van der Waals surface area contributed by atoms with Crippen molar-refractivity contribution in [1.82, 2.24) is 4.98 Å². The fourth-order valence-corrected chi connectivity index (χ4v) is 2.34. The van der Waals surface area contributed by atoms with E-state index in [2.05, 4.69) is 49.8 Å². The van der Waals surface area contributed by atoms with Gasteiger partial charge >= 0.3 is 0 Å². The topological polar surface area (TPSA) is 26.0 Å². The van der Waals surface area contributed by atoms with Gasteiger partial charge in [0, 0.05) is 15.4 Å². The molecule has 0 atom stereocenters. The molecule has 0 fully saturated rings. The van der Waals surface area contributed by atoms with Crippen molar-refractivity contribution in [3.63, 3.8) is 0 Å². The molecule has 15 heavy (non-hydrogen) atoms. The van der Waals surface area contributed by atoms with Crippen LogP contribution in [0.1, 0.15) is 11.3 Å². The van der Waals surface area contributed by atoms with Gasteiger partial charge in [-0.05, 0) is 30.7 Å². The second-order valence-electron chi connectivity index (χ2n) is 3.22. The smallest absolute Gasteiger partial charge is 0.181 e. The molecule has 2 nitrogen and oxygen atoms in total. The summed E-state index contributed by atoms with van der Waals surface area (Å²) >= 11 is 6.83. The highest BCUT2D eigenvalue weighted by Gasteiger charge is 2.11. The van der Waals surface area contributed by atoms with Crippen molar-refractivity contribution in [1.29, 1.82) is 0 Å². The minimum absolute atomic E-state index is 0.703. The first-order chi connectivity index (χ1) is 7.22. The number of halogens is 2. The molecule has 0 aliphatic heterocycles. The highest BCUT2D eigenvalue weighted by atomic mass is 79.9. The largest absolute Gasteiger partial charge is 0.443 e. The van der Waals surface area contributed by atoms with Crippen LogP contribution in [0, 0.1) is 6.92 Å². The van der Waals surface area contributed by atoms with E-state index in [1.165, 1.54) is 12.0 Å². The maximum absolute atomic E-state index is 5.41. The zero-order chi connectivity index (χ0) is 10.8. The summed E-state index contributed by atoms with van der Waals surface area (Å²) < 4.78 is 6.48. The van der Waals surface area contributed by atoms with Crippen molar-refractivity contribution in [2.24, 2.45) is 0 Å². The molecule has 1 heterocycles. The Balaban J connectivity index is 2.54. The van der Waals surface area contributed by atoms with Crippen LogP contribution in [0.3, 0.4) is 0 Å². The molecule has 0 aliphatic rings. The highest BCUT2D eigenvalue weighted by Crippen LogP contribution is 2.29. The van der Waals surface area contributed by atoms with Gasteiger partial charge in [-0.3, -0.25) is 0 Å². The molecule has 0 radical (unpaired) electrons.